The third-order valence-electron chi connectivity index (χ3n) is 10.1. The van der Waals surface area contributed by atoms with Crippen LogP contribution in [0.25, 0.3) is 0 Å². The van der Waals surface area contributed by atoms with Gasteiger partial charge < -0.3 is 44.0 Å². The first kappa shape index (κ1) is 35.2. The van der Waals surface area contributed by atoms with Gasteiger partial charge in [0.15, 0.2) is 0 Å². The maximum absolute atomic E-state index is 13.4. The maximum Gasteiger partial charge on any atom is 0.409 e. The fourth-order valence-electron chi connectivity index (χ4n) is 8.01. The molecule has 3 N–H and O–H groups in total. The van der Waals surface area contributed by atoms with E-state index >= 15 is 0 Å². The zero-order valence-corrected chi connectivity index (χ0v) is 27.9. The van der Waals surface area contributed by atoms with Crippen molar-refractivity contribution in [2.45, 2.75) is 95.2 Å². The van der Waals surface area contributed by atoms with Gasteiger partial charge in [-0.2, -0.15) is 0 Å². The number of phenols is 1. The van der Waals surface area contributed by atoms with E-state index in [0.717, 1.165) is 56.1 Å². The molecule has 11 nitrogen and oxygen atoms in total. The molecule has 2 fully saturated rings. The molecular weight excluding hydrogens is 604 g/mol. The summed E-state index contributed by atoms with van der Waals surface area (Å²) in [4.78, 5) is 21.0. The van der Waals surface area contributed by atoms with Crippen LogP contribution in [0.5, 0.6) is 11.5 Å². The predicted molar refractivity (Wildman–Crippen MR) is 176 cm³/mol. The van der Waals surface area contributed by atoms with Crippen LogP contribution in [0.3, 0.4) is 0 Å². The standard InChI is InChI=1S/C36H52N2O9/c1-4-19-45-36-31(38(3)35(42)43-5-2)23-29(37-47-32-14-8-11-20-44-32)27-21-24(12-6-9-17-39)26(13-7-10-18-40)33(34(27)36)28-22-25(41)15-16-30(28)46-36/h4,15-16,21-22,24,26,31-34,39-41H,1,5-14,17-20,23H2,2-3H3/t24-,26+,31-,32?,33+,34+,36+/m0/s1. The molecule has 2 aliphatic carbocycles. The summed E-state index contributed by atoms with van der Waals surface area (Å²) in [5, 5.41) is 34.9. The number of amides is 1. The highest BCUT2D eigenvalue weighted by Gasteiger charge is 2.65. The Morgan fingerprint density at radius 1 is 1.17 bits per heavy atom. The highest BCUT2D eigenvalue weighted by atomic mass is 16.8. The molecule has 260 valence electrons. The van der Waals surface area contributed by atoms with Gasteiger partial charge in [0.2, 0.25) is 12.1 Å². The summed E-state index contributed by atoms with van der Waals surface area (Å²) < 4.78 is 25.1. The van der Waals surface area contributed by atoms with Crippen LogP contribution in [0.15, 0.2) is 47.7 Å². The zero-order valence-electron chi connectivity index (χ0n) is 27.9. The summed E-state index contributed by atoms with van der Waals surface area (Å²) in [5.41, 5.74) is 2.50. The number of unbranched alkanes of at least 4 members (excludes halogenated alkanes) is 2. The Bertz CT molecular complexity index is 1280. The third-order valence-corrected chi connectivity index (χ3v) is 10.1. The predicted octanol–water partition coefficient (Wildman–Crippen LogP) is 5.64. The number of phenolic OH excluding ortho intramolecular Hbond substituents is 1. The molecule has 1 saturated carbocycles. The molecule has 1 aromatic carbocycles. The Morgan fingerprint density at radius 3 is 2.66 bits per heavy atom. The molecule has 11 heteroatoms. The Balaban J connectivity index is 1.72. The number of ether oxygens (including phenoxy) is 4. The number of aliphatic hydroxyl groups is 2. The lowest BCUT2D eigenvalue weighted by Crippen LogP contribution is -2.69. The number of hydrogen-bond donors (Lipinski definition) is 3. The van der Waals surface area contributed by atoms with Gasteiger partial charge in [0.1, 0.15) is 17.5 Å². The number of benzene rings is 1. The smallest absolute Gasteiger partial charge is 0.409 e. The topological polar surface area (TPSA) is 140 Å². The van der Waals surface area contributed by atoms with Gasteiger partial charge in [0.25, 0.3) is 0 Å². The van der Waals surface area contributed by atoms with Crippen LogP contribution < -0.4 is 4.74 Å². The molecule has 2 heterocycles. The number of aromatic hydroxyl groups is 1. The van der Waals surface area contributed by atoms with Crippen LogP contribution in [0, 0.1) is 17.8 Å². The van der Waals surface area contributed by atoms with E-state index in [0.29, 0.717) is 30.9 Å². The van der Waals surface area contributed by atoms with Crippen LogP contribution in [0.1, 0.15) is 82.6 Å². The average molecular weight is 657 g/mol. The van der Waals surface area contributed by atoms with Gasteiger partial charge in [-0.15, -0.1) is 6.58 Å². The van der Waals surface area contributed by atoms with E-state index in [9.17, 15) is 20.1 Å². The van der Waals surface area contributed by atoms with Crippen molar-refractivity contribution in [3.63, 3.8) is 0 Å². The van der Waals surface area contributed by atoms with Crippen molar-refractivity contribution in [2.24, 2.45) is 22.9 Å². The number of aliphatic hydroxyl groups excluding tert-OH is 2. The Kier molecular flexibility index (Phi) is 12.2. The number of allylic oxidation sites excluding steroid dienone is 1. The van der Waals surface area contributed by atoms with Crippen molar-refractivity contribution < 1.29 is 43.9 Å². The van der Waals surface area contributed by atoms with E-state index in [4.69, 9.17) is 28.9 Å². The number of likely N-dealkylation sites (N-methyl/N-ethyl adjacent to an activating group) is 1. The van der Waals surface area contributed by atoms with E-state index < -0.39 is 30.1 Å². The number of carbonyl (C=O) groups excluding carboxylic acids is 1. The van der Waals surface area contributed by atoms with Crippen molar-refractivity contribution in [3.05, 3.63) is 48.1 Å². The molecule has 0 bridgehead atoms. The minimum Gasteiger partial charge on any atom is -0.508 e. The quantitative estimate of drug-likeness (QED) is 0.124. The Hall–Kier alpha value is -3.12. The van der Waals surface area contributed by atoms with Gasteiger partial charge in [0, 0.05) is 44.6 Å². The molecule has 1 aromatic rings. The minimum atomic E-state index is -1.35. The Morgan fingerprint density at radius 2 is 1.96 bits per heavy atom. The highest BCUT2D eigenvalue weighted by Crippen LogP contribution is 2.61. The lowest BCUT2D eigenvalue weighted by molar-refractivity contribution is -0.254. The van der Waals surface area contributed by atoms with E-state index in [2.05, 4.69) is 12.7 Å². The first-order valence-electron chi connectivity index (χ1n) is 17.3. The number of carbonyl (C=O) groups is 1. The average Bonchev–Trinajstić information content (AvgIpc) is 3.08. The molecule has 2 aliphatic heterocycles. The molecule has 5 rings (SSSR count). The molecule has 47 heavy (non-hydrogen) atoms. The second-order valence-electron chi connectivity index (χ2n) is 13.0. The van der Waals surface area contributed by atoms with Crippen molar-refractivity contribution in [1.29, 1.82) is 0 Å². The normalized spacial score (nSPS) is 30.4. The molecular formula is C36H52N2O9. The zero-order chi connectivity index (χ0) is 33.4. The summed E-state index contributed by atoms with van der Waals surface area (Å²) in [6.45, 7) is 6.92. The summed E-state index contributed by atoms with van der Waals surface area (Å²) in [7, 11) is 1.70. The lowest BCUT2D eigenvalue weighted by Gasteiger charge is -2.59. The second kappa shape index (κ2) is 16.3. The van der Waals surface area contributed by atoms with Gasteiger partial charge in [-0.25, -0.2) is 4.79 Å². The van der Waals surface area contributed by atoms with Crippen LogP contribution in [-0.4, -0.2) is 90.2 Å². The number of rotatable bonds is 15. The molecule has 1 amide bonds. The summed E-state index contributed by atoms with van der Waals surface area (Å²) in [6, 6.07) is 4.51. The minimum absolute atomic E-state index is 0.0839. The molecule has 0 aromatic heterocycles. The summed E-state index contributed by atoms with van der Waals surface area (Å²) >= 11 is 0. The molecule has 7 atom stereocenters. The SMILES string of the molecule is C=CCO[C@@]12Oc3ccc(O)cc3[C@H]3[C@H](CCCCO)[C@@H](CCCCO)C=C(C(=NOC4CCCCO4)C[C@@H]1N(C)C(=O)OCC)[C@H]32. The van der Waals surface area contributed by atoms with Gasteiger partial charge in [-0.05, 0) is 81.1 Å². The van der Waals surface area contributed by atoms with Crippen molar-refractivity contribution in [1.82, 2.24) is 4.90 Å². The Labute approximate surface area is 278 Å². The highest BCUT2D eigenvalue weighted by molar-refractivity contribution is 6.02. The molecule has 0 radical (unpaired) electrons. The van der Waals surface area contributed by atoms with Crippen molar-refractivity contribution >= 4 is 11.8 Å². The van der Waals surface area contributed by atoms with Crippen LogP contribution >= 0.6 is 0 Å². The first-order chi connectivity index (χ1) is 22.9. The first-order valence-corrected chi connectivity index (χ1v) is 17.3. The summed E-state index contributed by atoms with van der Waals surface area (Å²) in [6.07, 6.45) is 10.7. The van der Waals surface area contributed by atoms with E-state index in [1.165, 1.54) is 0 Å². The van der Waals surface area contributed by atoms with Crippen molar-refractivity contribution in [3.8, 4) is 11.5 Å². The van der Waals surface area contributed by atoms with Gasteiger partial charge in [-0.3, -0.25) is 0 Å². The number of fused-ring (bicyclic) bond motifs is 2. The third kappa shape index (κ3) is 7.48. The van der Waals surface area contributed by atoms with Gasteiger partial charge >= 0.3 is 6.09 Å². The number of oxime groups is 1. The number of nitrogens with zero attached hydrogens (tertiary/aromatic N) is 2. The van der Waals surface area contributed by atoms with E-state index in [1.807, 2.05) is 0 Å². The fourth-order valence-corrected chi connectivity index (χ4v) is 8.01. The van der Waals surface area contributed by atoms with Gasteiger partial charge in [-0.1, -0.05) is 30.1 Å². The van der Waals surface area contributed by atoms with Crippen LogP contribution in [-0.2, 0) is 19.0 Å². The maximum atomic E-state index is 13.4. The number of hydrogen-bond acceptors (Lipinski definition) is 10. The second-order valence-corrected chi connectivity index (χ2v) is 13.0. The largest absolute Gasteiger partial charge is 0.508 e. The lowest BCUT2D eigenvalue weighted by atomic mass is 9.55. The summed E-state index contributed by atoms with van der Waals surface area (Å²) in [5.74, 6) is -1.06. The fraction of sp³-hybridized carbons (Fsp3) is 0.667. The molecule has 4 aliphatic rings. The van der Waals surface area contributed by atoms with E-state index in [1.54, 1.807) is 43.1 Å². The van der Waals surface area contributed by atoms with Crippen LogP contribution in [0.4, 0.5) is 4.79 Å². The molecule has 1 unspecified atom stereocenters. The molecule has 0 spiro atoms. The van der Waals surface area contributed by atoms with E-state index in [-0.39, 0.29) is 56.4 Å². The van der Waals surface area contributed by atoms with Crippen molar-refractivity contribution in [2.75, 3.05) is 40.1 Å². The molecule has 1 saturated heterocycles. The van der Waals surface area contributed by atoms with Gasteiger partial charge in [0.05, 0.1) is 31.5 Å². The monoisotopic (exact) mass is 656 g/mol. The van der Waals surface area contributed by atoms with Crippen LogP contribution in [0.2, 0.25) is 0 Å².